The molecule has 0 bridgehead atoms. The molecule has 6 nitrogen and oxygen atoms in total. The van der Waals surface area contributed by atoms with Gasteiger partial charge in [-0.3, -0.25) is 4.79 Å². The van der Waals surface area contributed by atoms with E-state index in [1.54, 1.807) is 4.90 Å². The number of nitrogens with two attached hydrogens (primary N) is 1. The number of anilines is 2. The van der Waals surface area contributed by atoms with Crippen molar-refractivity contribution >= 4 is 23.3 Å². The first-order chi connectivity index (χ1) is 8.99. The van der Waals surface area contributed by atoms with Gasteiger partial charge in [-0.15, -0.1) is 0 Å². The van der Waals surface area contributed by atoms with Crippen LogP contribution >= 0.6 is 0 Å². The van der Waals surface area contributed by atoms with E-state index in [2.05, 4.69) is 5.32 Å². The number of hydrogen-bond donors (Lipinski definition) is 3. The third kappa shape index (κ3) is 2.75. The summed E-state index contributed by atoms with van der Waals surface area (Å²) in [5.74, 6) is -2.40. The van der Waals surface area contributed by atoms with Gasteiger partial charge in [-0.1, -0.05) is 0 Å². The fraction of sp³-hybridized carbons (Fsp3) is 0.333. The smallest absolute Gasteiger partial charge is 0.338 e. The third-order valence-corrected chi connectivity index (χ3v) is 2.95. The molecule has 0 unspecified atom stereocenters. The Morgan fingerprint density at radius 2 is 2.21 bits per heavy atom. The van der Waals surface area contributed by atoms with E-state index in [4.69, 9.17) is 10.8 Å². The predicted molar refractivity (Wildman–Crippen MR) is 67.6 cm³/mol. The average molecular weight is 267 g/mol. The number of carboxylic acid groups (broad SMARTS) is 1. The second-order valence-electron chi connectivity index (χ2n) is 4.32. The molecular weight excluding hydrogens is 253 g/mol. The normalized spacial score (nSPS) is 15.8. The van der Waals surface area contributed by atoms with E-state index in [9.17, 15) is 14.0 Å². The van der Waals surface area contributed by atoms with Crippen molar-refractivity contribution in [1.29, 1.82) is 0 Å². The van der Waals surface area contributed by atoms with E-state index in [-0.39, 0.29) is 18.1 Å². The highest BCUT2D eigenvalue weighted by Crippen LogP contribution is 2.27. The Hall–Kier alpha value is -2.31. The van der Waals surface area contributed by atoms with Crippen LogP contribution in [0.25, 0.3) is 0 Å². The van der Waals surface area contributed by atoms with Gasteiger partial charge in [-0.2, -0.15) is 0 Å². The van der Waals surface area contributed by atoms with E-state index in [0.717, 1.165) is 12.1 Å². The summed E-state index contributed by atoms with van der Waals surface area (Å²) in [7, 11) is 0. The molecule has 7 heteroatoms. The molecule has 0 aromatic heterocycles. The average Bonchev–Trinajstić information content (AvgIpc) is 2.56. The minimum atomic E-state index is -1.37. The molecular formula is C12H14FN3O3. The van der Waals surface area contributed by atoms with E-state index >= 15 is 0 Å². The lowest BCUT2D eigenvalue weighted by Gasteiger charge is -2.23. The minimum absolute atomic E-state index is 0.0794. The Labute approximate surface area is 109 Å². The van der Waals surface area contributed by atoms with E-state index in [1.807, 2.05) is 0 Å². The van der Waals surface area contributed by atoms with E-state index in [0.29, 0.717) is 25.2 Å². The molecule has 1 heterocycles. The number of rotatable bonds is 2. The van der Waals surface area contributed by atoms with Crippen LogP contribution < -0.4 is 16.0 Å². The number of nitrogens with one attached hydrogen (secondary N) is 1. The number of carboxylic acids is 1. The van der Waals surface area contributed by atoms with Crippen LogP contribution in [0.2, 0.25) is 0 Å². The highest BCUT2D eigenvalue weighted by molar-refractivity contribution is 5.91. The number of benzene rings is 1. The second-order valence-corrected chi connectivity index (χ2v) is 4.32. The summed E-state index contributed by atoms with van der Waals surface area (Å²) >= 11 is 0. The quantitative estimate of drug-likeness (QED) is 0.675. The van der Waals surface area contributed by atoms with Gasteiger partial charge in [-0.05, 0) is 12.5 Å². The summed E-state index contributed by atoms with van der Waals surface area (Å²) in [5.41, 5.74) is 5.77. The number of nitrogens with zero attached hydrogens (tertiary/aromatic N) is 1. The lowest BCUT2D eigenvalue weighted by molar-refractivity contribution is -0.119. The zero-order valence-corrected chi connectivity index (χ0v) is 10.1. The van der Waals surface area contributed by atoms with Crippen molar-refractivity contribution in [3.8, 4) is 0 Å². The fourth-order valence-electron chi connectivity index (χ4n) is 2.03. The standard InChI is InChI=1S/C12H14FN3O3/c13-8-5-10(9(14)4-7(8)12(18)19)16-3-1-2-15-11(17)6-16/h4-5H,1-3,6,14H2,(H,15,17)(H,18,19). The molecule has 1 aliphatic heterocycles. The Kier molecular flexibility index (Phi) is 3.55. The van der Waals surface area contributed by atoms with Crippen LogP contribution in [-0.2, 0) is 4.79 Å². The van der Waals surface area contributed by atoms with Crippen molar-refractivity contribution in [3.63, 3.8) is 0 Å². The molecule has 4 N–H and O–H groups in total. The maximum Gasteiger partial charge on any atom is 0.338 e. The first kappa shape index (κ1) is 13.1. The van der Waals surface area contributed by atoms with Gasteiger partial charge in [0.15, 0.2) is 0 Å². The summed E-state index contributed by atoms with van der Waals surface area (Å²) in [6.45, 7) is 1.19. The number of aromatic carboxylic acids is 1. The SMILES string of the molecule is Nc1cc(C(=O)O)c(F)cc1N1CCCNC(=O)C1. The van der Waals surface area contributed by atoms with Gasteiger partial charge >= 0.3 is 5.97 Å². The van der Waals surface area contributed by atoms with E-state index in [1.165, 1.54) is 0 Å². The number of hydrogen-bond acceptors (Lipinski definition) is 4. The van der Waals surface area contributed by atoms with Crippen LogP contribution in [0, 0.1) is 5.82 Å². The van der Waals surface area contributed by atoms with Crippen molar-refractivity contribution in [3.05, 3.63) is 23.5 Å². The maximum atomic E-state index is 13.7. The Morgan fingerprint density at radius 1 is 1.47 bits per heavy atom. The first-order valence-electron chi connectivity index (χ1n) is 5.83. The van der Waals surface area contributed by atoms with Crippen molar-refractivity contribution in [2.75, 3.05) is 30.3 Å². The molecule has 1 aromatic carbocycles. The molecule has 0 saturated carbocycles. The number of carbonyl (C=O) groups is 2. The van der Waals surface area contributed by atoms with Crippen LogP contribution in [-0.4, -0.2) is 36.6 Å². The van der Waals surface area contributed by atoms with Crippen LogP contribution in [0.5, 0.6) is 0 Å². The molecule has 1 fully saturated rings. The summed E-state index contributed by atoms with van der Waals surface area (Å²) in [6, 6.07) is 2.15. The van der Waals surface area contributed by atoms with Crippen LogP contribution in [0.4, 0.5) is 15.8 Å². The van der Waals surface area contributed by atoms with Crippen molar-refractivity contribution < 1.29 is 19.1 Å². The monoisotopic (exact) mass is 267 g/mol. The van der Waals surface area contributed by atoms with Crippen molar-refractivity contribution in [2.24, 2.45) is 0 Å². The maximum absolute atomic E-state index is 13.7. The molecule has 1 aromatic rings. The molecule has 2 rings (SSSR count). The topological polar surface area (TPSA) is 95.7 Å². The molecule has 0 radical (unpaired) electrons. The third-order valence-electron chi connectivity index (χ3n) is 2.95. The number of nitrogen functional groups attached to an aromatic ring is 1. The summed E-state index contributed by atoms with van der Waals surface area (Å²) < 4.78 is 13.7. The Morgan fingerprint density at radius 3 is 2.89 bits per heavy atom. The minimum Gasteiger partial charge on any atom is -0.478 e. The highest BCUT2D eigenvalue weighted by Gasteiger charge is 2.20. The van der Waals surface area contributed by atoms with Crippen molar-refractivity contribution in [1.82, 2.24) is 5.32 Å². The van der Waals surface area contributed by atoms with E-state index < -0.39 is 17.3 Å². The molecule has 1 aliphatic rings. The van der Waals surface area contributed by atoms with Gasteiger partial charge in [0.1, 0.15) is 5.82 Å². The zero-order chi connectivity index (χ0) is 14.0. The van der Waals surface area contributed by atoms with Crippen LogP contribution in [0.3, 0.4) is 0 Å². The zero-order valence-electron chi connectivity index (χ0n) is 10.1. The molecule has 0 atom stereocenters. The molecule has 102 valence electrons. The molecule has 19 heavy (non-hydrogen) atoms. The predicted octanol–water partition coefficient (Wildman–Crippen LogP) is 0.432. The van der Waals surface area contributed by atoms with Gasteiger partial charge < -0.3 is 21.1 Å². The molecule has 0 aliphatic carbocycles. The van der Waals surface area contributed by atoms with Crippen LogP contribution in [0.1, 0.15) is 16.8 Å². The largest absolute Gasteiger partial charge is 0.478 e. The lowest BCUT2D eigenvalue weighted by Crippen LogP contribution is -2.33. The lowest BCUT2D eigenvalue weighted by atomic mass is 10.1. The molecule has 1 amide bonds. The Bertz CT molecular complexity index is 533. The number of halogens is 1. The summed E-state index contributed by atoms with van der Waals surface area (Å²) in [4.78, 5) is 23.9. The van der Waals surface area contributed by atoms with Crippen LogP contribution in [0.15, 0.2) is 12.1 Å². The summed E-state index contributed by atoms with van der Waals surface area (Å²) in [6.07, 6.45) is 0.716. The van der Waals surface area contributed by atoms with Gasteiger partial charge in [-0.25, -0.2) is 9.18 Å². The van der Waals surface area contributed by atoms with Gasteiger partial charge in [0.05, 0.1) is 23.5 Å². The molecule has 1 saturated heterocycles. The van der Waals surface area contributed by atoms with Gasteiger partial charge in [0.2, 0.25) is 5.91 Å². The second kappa shape index (κ2) is 5.13. The van der Waals surface area contributed by atoms with Gasteiger partial charge in [0.25, 0.3) is 0 Å². The number of amides is 1. The Balaban J connectivity index is 2.36. The molecule has 0 spiro atoms. The summed E-state index contributed by atoms with van der Waals surface area (Å²) in [5, 5.41) is 11.5. The highest BCUT2D eigenvalue weighted by atomic mass is 19.1. The van der Waals surface area contributed by atoms with Crippen molar-refractivity contribution in [2.45, 2.75) is 6.42 Å². The first-order valence-corrected chi connectivity index (χ1v) is 5.83. The van der Waals surface area contributed by atoms with Gasteiger partial charge in [0, 0.05) is 19.2 Å². The fourth-order valence-corrected chi connectivity index (χ4v) is 2.03. The number of carbonyl (C=O) groups excluding carboxylic acids is 1.